The van der Waals surface area contributed by atoms with Crippen LogP contribution in [0.4, 0.5) is 0 Å². The van der Waals surface area contributed by atoms with Crippen molar-refractivity contribution >= 4 is 0 Å². The van der Waals surface area contributed by atoms with Crippen molar-refractivity contribution in [3.05, 3.63) is 18.2 Å². The topological polar surface area (TPSA) is 50.5 Å². The molecule has 0 aliphatic carbocycles. The average Bonchev–Trinajstić information content (AvgIpc) is 3.10. The lowest BCUT2D eigenvalue weighted by molar-refractivity contribution is 0.0267. The maximum Gasteiger partial charge on any atom is 0.137 e. The first-order valence-corrected chi connectivity index (χ1v) is 7.73. The summed E-state index contributed by atoms with van der Waals surface area (Å²) in [5.74, 6) is 1.12. The summed E-state index contributed by atoms with van der Waals surface area (Å²) in [4.78, 5) is 6.76. The Kier molecular flexibility index (Phi) is 4.38. The number of aryl methyl sites for hydroxylation is 1. The first-order valence-electron chi connectivity index (χ1n) is 7.73. The summed E-state index contributed by atoms with van der Waals surface area (Å²) >= 11 is 0. The highest BCUT2D eigenvalue weighted by Crippen LogP contribution is 2.30. The quantitative estimate of drug-likeness (QED) is 0.904. The van der Waals surface area contributed by atoms with Crippen molar-refractivity contribution in [2.24, 2.45) is 13.0 Å². The van der Waals surface area contributed by atoms with Crippen LogP contribution in [0.25, 0.3) is 0 Å². The van der Waals surface area contributed by atoms with E-state index < -0.39 is 6.10 Å². The van der Waals surface area contributed by atoms with E-state index in [9.17, 15) is 5.11 Å². The molecule has 0 spiro atoms. The zero-order valence-electron chi connectivity index (χ0n) is 12.2. The fourth-order valence-corrected chi connectivity index (χ4v) is 3.40. The Morgan fingerprint density at radius 3 is 2.80 bits per heavy atom. The summed E-state index contributed by atoms with van der Waals surface area (Å²) in [6, 6.07) is 0. The van der Waals surface area contributed by atoms with Gasteiger partial charge in [-0.05, 0) is 44.7 Å². The Bertz CT molecular complexity index is 421. The van der Waals surface area contributed by atoms with Gasteiger partial charge in [-0.3, -0.25) is 0 Å². The minimum Gasteiger partial charge on any atom is -0.385 e. The molecular formula is C15H25N3O2. The van der Waals surface area contributed by atoms with E-state index in [1.807, 2.05) is 17.8 Å². The molecule has 2 aliphatic heterocycles. The number of aliphatic hydroxyl groups is 1. The largest absolute Gasteiger partial charge is 0.385 e. The molecule has 1 aromatic heterocycles. The third kappa shape index (κ3) is 3.05. The molecule has 0 amide bonds. The first kappa shape index (κ1) is 14.0. The first-order chi connectivity index (χ1) is 9.74. The molecule has 0 radical (unpaired) electrons. The van der Waals surface area contributed by atoms with Crippen LogP contribution in [0, 0.1) is 5.92 Å². The third-order valence-electron chi connectivity index (χ3n) is 4.69. The lowest BCUT2D eigenvalue weighted by atomic mass is 9.90. The van der Waals surface area contributed by atoms with Crippen LogP contribution in [0.15, 0.2) is 12.4 Å². The molecule has 0 aromatic carbocycles. The fraction of sp³-hybridized carbons (Fsp3) is 0.800. The predicted molar refractivity (Wildman–Crippen MR) is 76.3 cm³/mol. The maximum atomic E-state index is 10.5. The van der Waals surface area contributed by atoms with Gasteiger partial charge in [-0.25, -0.2) is 4.98 Å². The summed E-state index contributed by atoms with van der Waals surface area (Å²) < 4.78 is 7.62. The molecule has 5 heteroatoms. The molecular weight excluding hydrogens is 254 g/mol. The molecule has 1 N–H and O–H groups in total. The van der Waals surface area contributed by atoms with E-state index >= 15 is 0 Å². The highest BCUT2D eigenvalue weighted by atomic mass is 16.5. The van der Waals surface area contributed by atoms with Crippen LogP contribution >= 0.6 is 0 Å². The molecule has 3 rings (SSSR count). The Morgan fingerprint density at radius 1 is 1.40 bits per heavy atom. The molecule has 3 heterocycles. The Morgan fingerprint density at radius 2 is 2.20 bits per heavy atom. The van der Waals surface area contributed by atoms with E-state index in [1.165, 1.54) is 12.8 Å². The van der Waals surface area contributed by atoms with Gasteiger partial charge in [0, 0.05) is 32.6 Å². The molecule has 2 unspecified atom stereocenters. The molecule has 112 valence electrons. The number of aromatic nitrogens is 2. The minimum absolute atomic E-state index is 0.330. The van der Waals surface area contributed by atoms with Gasteiger partial charge in [-0.2, -0.15) is 0 Å². The van der Waals surface area contributed by atoms with Gasteiger partial charge in [0.05, 0.1) is 6.10 Å². The number of piperidine rings is 1. The predicted octanol–water partition coefficient (Wildman–Crippen LogP) is 1.34. The standard InChI is InChI=1S/C15H25N3O2/c1-17-9-6-16-15(17)14(19)12-4-7-18(8-5-12)11-13-3-2-10-20-13/h6,9,12-14,19H,2-5,7-8,10-11H2,1H3. The van der Waals surface area contributed by atoms with Crippen LogP contribution in [-0.2, 0) is 11.8 Å². The lowest BCUT2D eigenvalue weighted by Crippen LogP contribution is -2.40. The summed E-state index contributed by atoms with van der Waals surface area (Å²) in [6.07, 6.45) is 8.15. The lowest BCUT2D eigenvalue weighted by Gasteiger charge is -2.35. The fourth-order valence-electron chi connectivity index (χ4n) is 3.40. The Hall–Kier alpha value is -0.910. The summed E-state index contributed by atoms with van der Waals surface area (Å²) in [5.41, 5.74) is 0. The van der Waals surface area contributed by atoms with Gasteiger partial charge in [0.25, 0.3) is 0 Å². The monoisotopic (exact) mass is 279 g/mol. The second kappa shape index (κ2) is 6.24. The van der Waals surface area contributed by atoms with E-state index in [2.05, 4.69) is 9.88 Å². The van der Waals surface area contributed by atoms with Crippen molar-refractivity contribution in [2.75, 3.05) is 26.2 Å². The third-order valence-corrected chi connectivity index (χ3v) is 4.69. The minimum atomic E-state index is -0.431. The van der Waals surface area contributed by atoms with Crippen LogP contribution in [0.5, 0.6) is 0 Å². The van der Waals surface area contributed by atoms with Crippen molar-refractivity contribution in [2.45, 2.75) is 37.9 Å². The molecule has 2 fully saturated rings. The number of hydrogen-bond donors (Lipinski definition) is 1. The van der Waals surface area contributed by atoms with Gasteiger partial charge in [-0.15, -0.1) is 0 Å². The summed E-state index contributed by atoms with van der Waals surface area (Å²) in [7, 11) is 1.94. The molecule has 0 bridgehead atoms. The highest BCUT2D eigenvalue weighted by molar-refractivity contribution is 4.98. The number of ether oxygens (including phenoxy) is 1. The smallest absolute Gasteiger partial charge is 0.137 e. The molecule has 2 saturated heterocycles. The van der Waals surface area contributed by atoms with Gasteiger partial charge in [0.1, 0.15) is 11.9 Å². The van der Waals surface area contributed by atoms with Gasteiger partial charge in [0.15, 0.2) is 0 Å². The molecule has 2 aliphatic rings. The molecule has 5 nitrogen and oxygen atoms in total. The van der Waals surface area contributed by atoms with Crippen molar-refractivity contribution < 1.29 is 9.84 Å². The Balaban J connectivity index is 1.49. The van der Waals surface area contributed by atoms with Crippen molar-refractivity contribution in [1.29, 1.82) is 0 Å². The van der Waals surface area contributed by atoms with E-state index in [4.69, 9.17) is 4.74 Å². The SMILES string of the molecule is Cn1ccnc1C(O)C1CCN(CC2CCCO2)CC1. The summed E-state index contributed by atoms with van der Waals surface area (Å²) in [5, 5.41) is 10.5. The van der Waals surface area contributed by atoms with Gasteiger partial charge in [0.2, 0.25) is 0 Å². The number of imidazole rings is 1. The number of rotatable bonds is 4. The molecule has 1 aromatic rings. The second-order valence-electron chi connectivity index (χ2n) is 6.11. The number of aliphatic hydroxyl groups excluding tert-OH is 1. The Labute approximate surface area is 120 Å². The normalized spacial score (nSPS) is 27.0. The van der Waals surface area contributed by atoms with Crippen molar-refractivity contribution in [1.82, 2.24) is 14.5 Å². The van der Waals surface area contributed by atoms with Gasteiger partial charge < -0.3 is 19.3 Å². The van der Waals surface area contributed by atoms with Crippen LogP contribution in [0.3, 0.4) is 0 Å². The van der Waals surface area contributed by atoms with Crippen LogP contribution in [0.1, 0.15) is 37.6 Å². The van der Waals surface area contributed by atoms with E-state index in [0.717, 1.165) is 44.9 Å². The summed E-state index contributed by atoms with van der Waals surface area (Å²) in [6.45, 7) is 4.11. The number of nitrogens with zero attached hydrogens (tertiary/aromatic N) is 3. The highest BCUT2D eigenvalue weighted by Gasteiger charge is 2.29. The number of likely N-dealkylation sites (tertiary alicyclic amines) is 1. The molecule has 2 atom stereocenters. The van der Waals surface area contributed by atoms with Gasteiger partial charge in [-0.1, -0.05) is 0 Å². The van der Waals surface area contributed by atoms with Crippen molar-refractivity contribution in [3.8, 4) is 0 Å². The molecule has 0 saturated carbocycles. The maximum absolute atomic E-state index is 10.5. The zero-order valence-corrected chi connectivity index (χ0v) is 12.2. The van der Waals surface area contributed by atoms with E-state index in [1.54, 1.807) is 6.20 Å². The van der Waals surface area contributed by atoms with Crippen molar-refractivity contribution in [3.63, 3.8) is 0 Å². The number of hydrogen-bond acceptors (Lipinski definition) is 4. The van der Waals surface area contributed by atoms with Crippen LogP contribution in [0.2, 0.25) is 0 Å². The molecule has 20 heavy (non-hydrogen) atoms. The van der Waals surface area contributed by atoms with Crippen LogP contribution < -0.4 is 0 Å². The second-order valence-corrected chi connectivity index (χ2v) is 6.11. The van der Waals surface area contributed by atoms with Crippen LogP contribution in [-0.4, -0.2) is 51.9 Å². The van der Waals surface area contributed by atoms with Gasteiger partial charge >= 0.3 is 0 Å². The zero-order chi connectivity index (χ0) is 13.9. The average molecular weight is 279 g/mol. The van der Waals surface area contributed by atoms with E-state index in [-0.39, 0.29) is 0 Å². The van der Waals surface area contributed by atoms with E-state index in [0.29, 0.717) is 12.0 Å².